The molecule has 2 aromatic rings. The Morgan fingerprint density at radius 2 is 1.35 bits per heavy atom. The third-order valence-electron chi connectivity index (χ3n) is 12.4. The number of unbranched alkanes of at least 4 members (excludes halogenated alkanes) is 2. The molecule has 2 unspecified atom stereocenters. The SMILES string of the molecule is COCCOCCOCC[N+]1=C(C=C(C)C=C2N(CCCCCC(=O)ON3C(=O)CCC3=O)c3ccc(S(=O)(=O)O)cc3C2(C)CCOC)C(C)(CCCS(=O)(=O)O)c2cc(S(=O)(=O)O)ccc21. The summed E-state index contributed by atoms with van der Waals surface area (Å²) in [4.78, 5) is 42.8. The van der Waals surface area contributed by atoms with E-state index in [2.05, 4.69) is 0 Å². The molecule has 20 nitrogen and oxygen atoms in total. The zero-order chi connectivity index (χ0) is 50.1. The number of hydrogen-bond acceptors (Lipinski definition) is 15. The van der Waals surface area contributed by atoms with Crippen LogP contribution in [0.15, 0.2) is 69.6 Å². The largest absolute Gasteiger partial charge is 0.385 e. The minimum absolute atomic E-state index is 0.0218. The molecule has 0 saturated carbocycles. The molecule has 68 heavy (non-hydrogen) atoms. The number of hydroxylamine groups is 2. The topological polar surface area (TPSA) is 270 Å². The number of anilines is 1. The number of methoxy groups -OCH3 is 2. The Balaban J connectivity index is 1.57. The van der Waals surface area contributed by atoms with Crippen LogP contribution >= 0.6 is 0 Å². The summed E-state index contributed by atoms with van der Waals surface area (Å²) < 4.78 is 128. The average Bonchev–Trinajstić information content (AvgIpc) is 3.78. The van der Waals surface area contributed by atoms with Gasteiger partial charge in [0.2, 0.25) is 5.69 Å². The highest BCUT2D eigenvalue weighted by atomic mass is 32.2. The normalized spacial score (nSPS) is 20.5. The van der Waals surface area contributed by atoms with E-state index in [-0.39, 0.29) is 68.3 Å². The van der Waals surface area contributed by atoms with Crippen LogP contribution < -0.4 is 4.90 Å². The smallest absolute Gasteiger partial charge is 0.333 e. The molecule has 0 aliphatic carbocycles. The predicted molar refractivity (Wildman–Crippen MR) is 248 cm³/mol. The number of ether oxygens (including phenoxy) is 4. The van der Waals surface area contributed by atoms with Gasteiger partial charge in [0.1, 0.15) is 6.61 Å². The van der Waals surface area contributed by atoms with Crippen molar-refractivity contribution >= 4 is 65.2 Å². The Bertz CT molecular complexity index is 2630. The van der Waals surface area contributed by atoms with Crippen molar-refractivity contribution in [3.8, 4) is 0 Å². The van der Waals surface area contributed by atoms with Crippen molar-refractivity contribution in [2.45, 2.75) is 99.2 Å². The molecule has 2 aromatic carbocycles. The van der Waals surface area contributed by atoms with E-state index in [9.17, 15) is 53.3 Å². The highest BCUT2D eigenvalue weighted by Crippen LogP contribution is 2.51. The molecule has 0 bridgehead atoms. The van der Waals surface area contributed by atoms with Crippen LogP contribution in [0.25, 0.3) is 0 Å². The molecule has 3 aliphatic heterocycles. The Hall–Kier alpha value is -4.43. The zero-order valence-electron chi connectivity index (χ0n) is 39.0. The number of nitrogens with zero attached hydrogens (tertiary/aromatic N) is 3. The van der Waals surface area contributed by atoms with Gasteiger partial charge in [0.25, 0.3) is 42.2 Å². The summed E-state index contributed by atoms with van der Waals surface area (Å²) in [5.74, 6) is -2.44. The lowest BCUT2D eigenvalue weighted by atomic mass is 9.75. The van der Waals surface area contributed by atoms with Gasteiger partial charge in [0.15, 0.2) is 12.3 Å². The van der Waals surface area contributed by atoms with Crippen LogP contribution in [0.5, 0.6) is 0 Å². The van der Waals surface area contributed by atoms with Gasteiger partial charge in [-0.1, -0.05) is 6.42 Å². The second kappa shape index (κ2) is 23.0. The molecule has 3 N–H and O–H groups in total. The lowest BCUT2D eigenvalue weighted by molar-refractivity contribution is -0.442. The second-order valence-electron chi connectivity index (χ2n) is 17.3. The number of fused-ring (bicyclic) bond motifs is 2. The summed E-state index contributed by atoms with van der Waals surface area (Å²) in [6.07, 6.45) is 5.60. The van der Waals surface area contributed by atoms with Gasteiger partial charge in [-0.05, 0) is 100 Å². The maximum Gasteiger partial charge on any atom is 0.333 e. The number of amides is 2. The van der Waals surface area contributed by atoms with Crippen LogP contribution in [0.1, 0.15) is 89.7 Å². The number of hydrogen-bond donors (Lipinski definition) is 3. The third-order valence-corrected chi connectivity index (χ3v) is 14.9. The van der Waals surface area contributed by atoms with Gasteiger partial charge in [-0.15, -0.1) is 5.06 Å². The summed E-state index contributed by atoms with van der Waals surface area (Å²) in [6, 6.07) is 8.58. The molecule has 3 aliphatic rings. The third kappa shape index (κ3) is 13.5. The molecule has 2 atom stereocenters. The first-order valence-electron chi connectivity index (χ1n) is 22.2. The minimum atomic E-state index is -4.67. The van der Waals surface area contributed by atoms with Crippen molar-refractivity contribution in [3.63, 3.8) is 0 Å². The van der Waals surface area contributed by atoms with Crippen molar-refractivity contribution in [2.24, 2.45) is 0 Å². The molecule has 376 valence electrons. The van der Waals surface area contributed by atoms with E-state index < -0.39 is 64.7 Å². The van der Waals surface area contributed by atoms with Crippen molar-refractivity contribution in [1.29, 1.82) is 0 Å². The maximum atomic E-state index is 12.6. The molecule has 5 rings (SSSR count). The lowest BCUT2D eigenvalue weighted by Crippen LogP contribution is -2.33. The molecule has 23 heteroatoms. The quantitative estimate of drug-likeness (QED) is 0.0474. The van der Waals surface area contributed by atoms with Crippen molar-refractivity contribution in [1.82, 2.24) is 5.06 Å². The first-order valence-corrected chi connectivity index (χ1v) is 26.7. The number of carbonyl (C=O) groups is 3. The number of rotatable bonds is 27. The molecular formula is C45H62N3O17S3+. The van der Waals surface area contributed by atoms with Crippen molar-refractivity contribution in [2.75, 3.05) is 77.6 Å². The standard InChI is InChI=1S/C45H61N3O17S3/c1-32(28-39-44(2,17-9-27-66(52,53)54)35-30-33(67(55,56)57)12-14-38(35)47(39)20-22-63-25-26-64-24-23-62-5)29-40-45(3,18-21-61-4)36-31-34(68(58,59)60)11-13-37(36)46(40)19-8-6-7-10-43(51)65-48-41(49)15-16-42(48)50/h11-14,28-31H,6-10,15-27H2,1-5H3,(H2-,52,53,54,55,56,57,58,59,60)/p+1. The van der Waals surface area contributed by atoms with Gasteiger partial charge in [0.05, 0.1) is 47.4 Å². The van der Waals surface area contributed by atoms with Gasteiger partial charge >= 0.3 is 5.97 Å². The molecule has 2 amide bonds. The summed E-state index contributed by atoms with van der Waals surface area (Å²) >= 11 is 0. The molecular weight excluding hydrogens is 951 g/mol. The highest BCUT2D eigenvalue weighted by molar-refractivity contribution is 7.86. The van der Waals surface area contributed by atoms with Gasteiger partial charge < -0.3 is 28.7 Å². The van der Waals surface area contributed by atoms with Crippen LogP contribution in [0.2, 0.25) is 0 Å². The predicted octanol–water partition coefficient (Wildman–Crippen LogP) is 4.70. The minimum Gasteiger partial charge on any atom is -0.385 e. The van der Waals surface area contributed by atoms with E-state index in [4.69, 9.17) is 23.8 Å². The van der Waals surface area contributed by atoms with Crippen LogP contribution in [0, 0.1) is 0 Å². The number of imide groups is 1. The van der Waals surface area contributed by atoms with Gasteiger partial charge in [-0.25, -0.2) is 4.79 Å². The molecule has 0 aromatic heterocycles. The number of benzene rings is 2. The average molecular weight is 1010 g/mol. The summed E-state index contributed by atoms with van der Waals surface area (Å²) in [5, 5.41) is 0.509. The Kier molecular flexibility index (Phi) is 18.4. The lowest BCUT2D eigenvalue weighted by Gasteiger charge is -2.31. The fraction of sp³-hybridized carbons (Fsp3) is 0.556. The maximum absolute atomic E-state index is 12.6. The van der Waals surface area contributed by atoms with Crippen LogP contribution in [0.3, 0.4) is 0 Å². The fourth-order valence-electron chi connectivity index (χ4n) is 8.85. The summed E-state index contributed by atoms with van der Waals surface area (Å²) in [7, 11) is -10.6. The van der Waals surface area contributed by atoms with Crippen LogP contribution in [-0.4, -0.2) is 145 Å². The zero-order valence-corrected chi connectivity index (χ0v) is 41.4. The number of allylic oxidation sites excluding steroid dienone is 4. The van der Waals surface area contributed by atoms with Gasteiger partial charge in [-0.2, -0.15) is 29.8 Å². The summed E-state index contributed by atoms with van der Waals surface area (Å²) in [5.41, 5.74) is 2.36. The first-order chi connectivity index (χ1) is 31.9. The van der Waals surface area contributed by atoms with Crippen molar-refractivity contribution in [3.05, 3.63) is 70.9 Å². The second-order valence-corrected chi connectivity index (χ2v) is 21.7. The Morgan fingerprint density at radius 3 is 1.97 bits per heavy atom. The summed E-state index contributed by atoms with van der Waals surface area (Å²) in [6.45, 7) is 8.04. The first kappa shape index (κ1) is 54.5. The van der Waals surface area contributed by atoms with E-state index >= 15 is 0 Å². The molecule has 1 fully saturated rings. The molecule has 3 heterocycles. The molecule has 0 radical (unpaired) electrons. The van der Waals surface area contributed by atoms with E-state index in [0.717, 1.165) is 5.70 Å². The van der Waals surface area contributed by atoms with E-state index in [1.165, 1.54) is 31.4 Å². The monoisotopic (exact) mass is 1010 g/mol. The molecule has 1 saturated heterocycles. The Labute approximate surface area is 398 Å². The highest BCUT2D eigenvalue weighted by Gasteiger charge is 2.49. The molecule has 0 spiro atoms. The van der Waals surface area contributed by atoms with Gasteiger partial charge in [-0.3, -0.25) is 23.2 Å². The van der Waals surface area contributed by atoms with Crippen LogP contribution in [0.4, 0.5) is 11.4 Å². The van der Waals surface area contributed by atoms with Crippen LogP contribution in [-0.2, 0) is 79.4 Å². The Morgan fingerprint density at radius 1 is 0.750 bits per heavy atom. The van der Waals surface area contributed by atoms with Gasteiger partial charge in [0, 0.05) is 81.1 Å². The van der Waals surface area contributed by atoms with E-state index in [1.807, 2.05) is 42.4 Å². The van der Waals surface area contributed by atoms with E-state index in [0.29, 0.717) is 90.9 Å². The van der Waals surface area contributed by atoms with Crippen molar-refractivity contribution < 1.29 is 81.7 Å². The van der Waals surface area contributed by atoms with E-state index in [1.54, 1.807) is 19.2 Å². The fourth-order valence-corrected chi connectivity index (χ4v) is 10.4. The number of carbonyl (C=O) groups excluding carboxylic acids is 3.